The lowest BCUT2D eigenvalue weighted by Crippen LogP contribution is -2.16. The summed E-state index contributed by atoms with van der Waals surface area (Å²) in [6.45, 7) is 1.23. The number of rotatable bonds is 11. The van der Waals surface area contributed by atoms with Crippen molar-refractivity contribution in [3.8, 4) is 23.0 Å². The Morgan fingerprint density at radius 1 is 0.853 bits per heavy atom. The number of hydrogen-bond donors (Lipinski definition) is 2. The molecule has 10 nitrogen and oxygen atoms in total. The maximum atomic E-state index is 12.5. The minimum absolute atomic E-state index is 0.0203. The van der Waals surface area contributed by atoms with Crippen LogP contribution in [-0.4, -0.2) is 52.8 Å². The SMILES string of the molecule is COc1cc(OC)c(/C=C/C(=O)Nc2ccc(OC)c(NC(=O)CCOC(C)=O)c2)c(OC)c1. The summed E-state index contributed by atoms with van der Waals surface area (Å²) < 4.78 is 26.0. The highest BCUT2D eigenvalue weighted by molar-refractivity contribution is 6.03. The van der Waals surface area contributed by atoms with Crippen molar-refractivity contribution in [2.45, 2.75) is 13.3 Å². The fourth-order valence-corrected chi connectivity index (χ4v) is 2.92. The first-order valence-corrected chi connectivity index (χ1v) is 10.2. The van der Waals surface area contributed by atoms with E-state index in [0.29, 0.717) is 39.9 Å². The maximum Gasteiger partial charge on any atom is 0.302 e. The standard InChI is InChI=1S/C24H28N2O8/c1-15(27)34-11-10-24(29)26-19-12-16(6-8-20(19)31-3)25-23(28)9-7-18-21(32-4)13-17(30-2)14-22(18)33-5/h6-9,12-14H,10-11H2,1-5H3,(H,25,28)(H,26,29)/b9-7+. The van der Waals surface area contributed by atoms with Crippen LogP contribution < -0.4 is 29.6 Å². The zero-order valence-corrected chi connectivity index (χ0v) is 19.7. The van der Waals surface area contributed by atoms with E-state index in [0.717, 1.165) is 0 Å². The Kier molecular flexibility index (Phi) is 9.75. The molecule has 0 saturated heterocycles. The van der Waals surface area contributed by atoms with E-state index in [-0.39, 0.29) is 18.9 Å². The summed E-state index contributed by atoms with van der Waals surface area (Å²) in [7, 11) is 6.00. The van der Waals surface area contributed by atoms with Crippen molar-refractivity contribution in [1.82, 2.24) is 0 Å². The van der Waals surface area contributed by atoms with Gasteiger partial charge in [-0.05, 0) is 24.3 Å². The van der Waals surface area contributed by atoms with Crippen LogP contribution in [0, 0.1) is 0 Å². The molecular formula is C24H28N2O8. The summed E-state index contributed by atoms with van der Waals surface area (Å²) in [6, 6.07) is 8.16. The van der Waals surface area contributed by atoms with Gasteiger partial charge in [0.25, 0.3) is 0 Å². The van der Waals surface area contributed by atoms with Crippen LogP contribution in [0.2, 0.25) is 0 Å². The Morgan fingerprint density at radius 2 is 1.50 bits per heavy atom. The highest BCUT2D eigenvalue weighted by Crippen LogP contribution is 2.35. The molecule has 0 aliphatic carbocycles. The van der Waals surface area contributed by atoms with E-state index in [1.807, 2.05) is 0 Å². The normalized spacial score (nSPS) is 10.4. The second-order valence-corrected chi connectivity index (χ2v) is 6.82. The van der Waals surface area contributed by atoms with Crippen molar-refractivity contribution in [3.05, 3.63) is 42.0 Å². The Hall–Kier alpha value is -4.21. The number of esters is 1. The summed E-state index contributed by atoms with van der Waals surface area (Å²) in [4.78, 5) is 35.5. The van der Waals surface area contributed by atoms with Crippen molar-refractivity contribution in [2.24, 2.45) is 0 Å². The van der Waals surface area contributed by atoms with E-state index >= 15 is 0 Å². The first-order valence-electron chi connectivity index (χ1n) is 10.2. The van der Waals surface area contributed by atoms with E-state index in [1.165, 1.54) is 41.4 Å². The molecule has 0 spiro atoms. The molecule has 0 heterocycles. The third-order valence-electron chi connectivity index (χ3n) is 4.53. The van der Waals surface area contributed by atoms with Gasteiger partial charge in [-0.2, -0.15) is 0 Å². The molecule has 2 rings (SSSR count). The van der Waals surface area contributed by atoms with Crippen LogP contribution in [0.25, 0.3) is 6.08 Å². The number of nitrogens with one attached hydrogen (secondary N) is 2. The lowest BCUT2D eigenvalue weighted by atomic mass is 10.1. The van der Waals surface area contributed by atoms with Crippen LogP contribution >= 0.6 is 0 Å². The number of hydrogen-bond acceptors (Lipinski definition) is 8. The van der Waals surface area contributed by atoms with E-state index in [2.05, 4.69) is 10.6 Å². The summed E-state index contributed by atoms with van der Waals surface area (Å²) in [5.41, 5.74) is 1.35. The molecule has 0 bridgehead atoms. The van der Waals surface area contributed by atoms with E-state index in [4.69, 9.17) is 23.7 Å². The summed E-state index contributed by atoms with van der Waals surface area (Å²) >= 11 is 0. The van der Waals surface area contributed by atoms with Crippen LogP contribution in [0.4, 0.5) is 11.4 Å². The largest absolute Gasteiger partial charge is 0.496 e. The molecule has 0 unspecified atom stereocenters. The summed E-state index contributed by atoms with van der Waals surface area (Å²) in [6.07, 6.45) is 2.87. The molecule has 0 fully saturated rings. The monoisotopic (exact) mass is 472 g/mol. The number of carbonyl (C=O) groups is 3. The molecule has 182 valence electrons. The van der Waals surface area contributed by atoms with Gasteiger partial charge in [-0.3, -0.25) is 14.4 Å². The molecule has 0 aliphatic rings. The highest BCUT2D eigenvalue weighted by Gasteiger charge is 2.13. The third-order valence-corrected chi connectivity index (χ3v) is 4.53. The Morgan fingerprint density at radius 3 is 2.06 bits per heavy atom. The molecule has 2 amide bonds. The van der Waals surface area contributed by atoms with Crippen molar-refractivity contribution in [1.29, 1.82) is 0 Å². The summed E-state index contributed by atoms with van der Waals surface area (Å²) in [5, 5.41) is 5.40. The zero-order chi connectivity index (χ0) is 25.1. The molecule has 34 heavy (non-hydrogen) atoms. The number of carbonyl (C=O) groups excluding carboxylic acids is 3. The van der Waals surface area contributed by atoms with E-state index in [9.17, 15) is 14.4 Å². The van der Waals surface area contributed by atoms with E-state index < -0.39 is 11.9 Å². The van der Waals surface area contributed by atoms with Crippen LogP contribution in [-0.2, 0) is 19.1 Å². The molecule has 2 aromatic carbocycles. The van der Waals surface area contributed by atoms with Gasteiger partial charge in [-0.15, -0.1) is 0 Å². The predicted molar refractivity (Wildman–Crippen MR) is 127 cm³/mol. The minimum atomic E-state index is -0.465. The summed E-state index contributed by atoms with van der Waals surface area (Å²) in [5.74, 6) is 0.650. The fourth-order valence-electron chi connectivity index (χ4n) is 2.92. The van der Waals surface area contributed by atoms with Crippen molar-refractivity contribution < 1.29 is 38.1 Å². The molecule has 10 heteroatoms. The Labute approximate surface area is 197 Å². The molecule has 0 aliphatic heterocycles. The van der Waals surface area contributed by atoms with Crippen molar-refractivity contribution in [3.63, 3.8) is 0 Å². The molecule has 0 saturated carbocycles. The van der Waals surface area contributed by atoms with E-state index in [1.54, 1.807) is 36.4 Å². The Bertz CT molecular complexity index is 1040. The maximum absolute atomic E-state index is 12.5. The predicted octanol–water partition coefficient (Wildman–Crippen LogP) is 3.26. The molecule has 0 atom stereocenters. The number of methoxy groups -OCH3 is 4. The molecule has 2 aromatic rings. The van der Waals surface area contributed by atoms with Gasteiger partial charge in [0.15, 0.2) is 0 Å². The molecular weight excluding hydrogens is 444 g/mol. The minimum Gasteiger partial charge on any atom is -0.496 e. The number of anilines is 2. The van der Waals surface area contributed by atoms with Gasteiger partial charge < -0.3 is 34.3 Å². The van der Waals surface area contributed by atoms with Gasteiger partial charge in [0.05, 0.1) is 46.1 Å². The van der Waals surface area contributed by atoms with Gasteiger partial charge in [0.1, 0.15) is 29.6 Å². The smallest absolute Gasteiger partial charge is 0.302 e. The van der Waals surface area contributed by atoms with Gasteiger partial charge in [0.2, 0.25) is 11.8 Å². The quantitative estimate of drug-likeness (QED) is 0.378. The van der Waals surface area contributed by atoms with Crippen LogP contribution in [0.5, 0.6) is 23.0 Å². The average Bonchev–Trinajstić information content (AvgIpc) is 2.82. The second-order valence-electron chi connectivity index (χ2n) is 6.82. The second kappa shape index (κ2) is 12.7. The average molecular weight is 472 g/mol. The number of benzene rings is 2. The van der Waals surface area contributed by atoms with Gasteiger partial charge in [0, 0.05) is 30.8 Å². The first kappa shape index (κ1) is 26.0. The number of amides is 2. The van der Waals surface area contributed by atoms with Crippen molar-refractivity contribution in [2.75, 3.05) is 45.7 Å². The highest BCUT2D eigenvalue weighted by atomic mass is 16.5. The molecule has 0 radical (unpaired) electrons. The molecule has 2 N–H and O–H groups in total. The number of ether oxygens (including phenoxy) is 5. The zero-order valence-electron chi connectivity index (χ0n) is 19.7. The van der Waals surface area contributed by atoms with Crippen LogP contribution in [0.15, 0.2) is 36.4 Å². The van der Waals surface area contributed by atoms with Gasteiger partial charge >= 0.3 is 5.97 Å². The van der Waals surface area contributed by atoms with Gasteiger partial charge in [-0.25, -0.2) is 0 Å². The lowest BCUT2D eigenvalue weighted by Gasteiger charge is -2.13. The third kappa shape index (κ3) is 7.44. The molecule has 0 aromatic heterocycles. The van der Waals surface area contributed by atoms with Crippen LogP contribution in [0.3, 0.4) is 0 Å². The fraction of sp³-hybridized carbons (Fsp3) is 0.292. The lowest BCUT2D eigenvalue weighted by molar-refractivity contribution is -0.141. The Balaban J connectivity index is 2.14. The topological polar surface area (TPSA) is 121 Å². The first-order chi connectivity index (χ1) is 16.3. The van der Waals surface area contributed by atoms with Gasteiger partial charge in [-0.1, -0.05) is 0 Å². The van der Waals surface area contributed by atoms with Crippen LogP contribution in [0.1, 0.15) is 18.9 Å². The van der Waals surface area contributed by atoms with Crippen molar-refractivity contribution >= 4 is 35.2 Å².